The molecule has 0 amide bonds. The van der Waals surface area contributed by atoms with Crippen LogP contribution in [-0.4, -0.2) is 39.3 Å². The average Bonchev–Trinajstić information content (AvgIpc) is 2.75. The van der Waals surface area contributed by atoms with Crippen LogP contribution in [0.2, 0.25) is 0 Å². The average molecular weight is 370 g/mol. The molecule has 0 aromatic heterocycles. The molecule has 2 aliphatic rings. The third kappa shape index (κ3) is 3.55. The van der Waals surface area contributed by atoms with Gasteiger partial charge in [0.2, 0.25) is 0 Å². The summed E-state index contributed by atoms with van der Waals surface area (Å²) in [5, 5.41) is 0. The van der Waals surface area contributed by atoms with Crippen molar-refractivity contribution < 1.29 is 9.13 Å². The van der Waals surface area contributed by atoms with E-state index < -0.39 is 0 Å². The zero-order valence-corrected chi connectivity index (χ0v) is 16.2. The van der Waals surface area contributed by atoms with Gasteiger partial charge in [-0.3, -0.25) is 4.48 Å². The van der Waals surface area contributed by atoms with Crippen LogP contribution in [0.5, 0.6) is 5.75 Å². The Labute approximate surface area is 161 Å². The van der Waals surface area contributed by atoms with E-state index in [-0.39, 0.29) is 5.82 Å². The number of para-hydroxylation sites is 1. The fourth-order valence-corrected chi connectivity index (χ4v) is 5.07. The van der Waals surface area contributed by atoms with Crippen molar-refractivity contribution in [3.63, 3.8) is 0 Å². The van der Waals surface area contributed by atoms with Crippen LogP contribution < -0.4 is 14.1 Å². The van der Waals surface area contributed by atoms with Gasteiger partial charge < -0.3 is 9.64 Å². The number of hydrogen-bond donors (Lipinski definition) is 0. The first kappa shape index (κ1) is 18.3. The Hall–Kier alpha value is -2.07. The summed E-state index contributed by atoms with van der Waals surface area (Å²) in [5.41, 5.74) is 2.10. The van der Waals surface area contributed by atoms with Crippen LogP contribution in [-0.2, 0) is 0 Å². The molecule has 2 fully saturated rings. The number of hydrogen-bond acceptors (Lipinski definition) is 2. The number of rotatable bonds is 4. The molecule has 4 heteroatoms. The minimum Gasteiger partial charge on any atom is -0.497 e. The number of quaternary nitrogens is 1. The van der Waals surface area contributed by atoms with Crippen LogP contribution in [0.4, 0.5) is 15.8 Å². The smallest absolute Gasteiger partial charge is 0.146 e. The van der Waals surface area contributed by atoms with E-state index in [9.17, 15) is 4.39 Å². The largest absolute Gasteiger partial charge is 0.497 e. The minimum absolute atomic E-state index is 0.114. The van der Waals surface area contributed by atoms with Crippen molar-refractivity contribution in [3.05, 3.63) is 54.3 Å². The molecule has 1 aliphatic heterocycles. The van der Waals surface area contributed by atoms with Gasteiger partial charge in [-0.2, -0.15) is 0 Å². The molecule has 1 heterocycles. The molecule has 2 aromatic carbocycles. The van der Waals surface area contributed by atoms with Gasteiger partial charge in [0, 0.05) is 6.07 Å². The van der Waals surface area contributed by atoms with E-state index in [1.54, 1.807) is 19.2 Å². The van der Waals surface area contributed by atoms with Crippen molar-refractivity contribution >= 4 is 11.4 Å². The topological polar surface area (TPSA) is 12.5 Å². The molecule has 144 valence electrons. The summed E-state index contributed by atoms with van der Waals surface area (Å²) < 4.78 is 20.8. The summed E-state index contributed by atoms with van der Waals surface area (Å²) >= 11 is 0. The highest BCUT2D eigenvalue weighted by Gasteiger charge is 2.43. The van der Waals surface area contributed by atoms with E-state index in [2.05, 4.69) is 23.1 Å². The molecule has 0 spiro atoms. The highest BCUT2D eigenvalue weighted by molar-refractivity contribution is 5.53. The van der Waals surface area contributed by atoms with Crippen molar-refractivity contribution in [2.45, 2.75) is 38.1 Å². The van der Waals surface area contributed by atoms with Crippen LogP contribution in [0.3, 0.4) is 0 Å². The quantitative estimate of drug-likeness (QED) is 0.704. The molecule has 2 aromatic rings. The van der Waals surface area contributed by atoms with E-state index in [1.165, 1.54) is 37.8 Å². The van der Waals surface area contributed by atoms with Gasteiger partial charge >= 0.3 is 0 Å². The fourth-order valence-electron chi connectivity index (χ4n) is 5.07. The van der Waals surface area contributed by atoms with Gasteiger partial charge in [0.15, 0.2) is 0 Å². The summed E-state index contributed by atoms with van der Waals surface area (Å²) in [4.78, 5) is 2.22. The molecule has 0 atom stereocenters. The van der Waals surface area contributed by atoms with E-state index >= 15 is 0 Å². The molecule has 0 unspecified atom stereocenters. The Kier molecular flexibility index (Phi) is 5.35. The first-order valence-corrected chi connectivity index (χ1v) is 10.2. The number of ether oxygens (including phenoxy) is 1. The predicted octanol–water partition coefficient (Wildman–Crippen LogP) is 4.99. The van der Waals surface area contributed by atoms with Gasteiger partial charge in [-0.25, -0.2) is 4.39 Å². The van der Waals surface area contributed by atoms with Gasteiger partial charge in [-0.1, -0.05) is 24.6 Å². The second kappa shape index (κ2) is 7.89. The van der Waals surface area contributed by atoms with Crippen molar-refractivity contribution in [2.24, 2.45) is 0 Å². The summed E-state index contributed by atoms with van der Waals surface area (Å²) in [6.45, 7) is 3.81. The predicted molar refractivity (Wildman–Crippen MR) is 110 cm³/mol. The zero-order chi connectivity index (χ0) is 18.7. The van der Waals surface area contributed by atoms with Crippen LogP contribution in [0.15, 0.2) is 48.5 Å². The molecule has 3 nitrogen and oxygen atoms in total. The summed E-state index contributed by atoms with van der Waals surface area (Å²) in [7, 11) is 1.74. The molecule has 1 aliphatic carbocycles. The number of nitrogens with zero attached hydrogens (tertiary/aromatic N) is 2. The second-order valence-corrected chi connectivity index (χ2v) is 7.91. The van der Waals surface area contributed by atoms with Gasteiger partial charge in [-0.05, 0) is 49.9 Å². The molecule has 1 saturated heterocycles. The third-order valence-corrected chi connectivity index (χ3v) is 6.57. The van der Waals surface area contributed by atoms with E-state index in [0.29, 0.717) is 6.04 Å². The maximum atomic E-state index is 14.3. The van der Waals surface area contributed by atoms with Crippen molar-refractivity contribution in [1.82, 2.24) is 4.48 Å². The number of piperazine rings is 1. The van der Waals surface area contributed by atoms with Crippen LogP contribution >= 0.6 is 0 Å². The first-order chi connectivity index (χ1) is 13.2. The molecule has 0 bridgehead atoms. The maximum Gasteiger partial charge on any atom is 0.146 e. The van der Waals surface area contributed by atoms with Gasteiger partial charge in [0.25, 0.3) is 0 Å². The fraction of sp³-hybridized carbons (Fsp3) is 0.478. The highest BCUT2D eigenvalue weighted by atomic mass is 19.1. The Balaban J connectivity index is 1.63. The Morgan fingerprint density at radius 3 is 2.41 bits per heavy atom. The number of benzene rings is 2. The van der Waals surface area contributed by atoms with Gasteiger partial charge in [-0.15, -0.1) is 0 Å². The highest BCUT2D eigenvalue weighted by Crippen LogP contribution is 2.38. The first-order valence-electron chi connectivity index (χ1n) is 10.2. The maximum absolute atomic E-state index is 14.3. The molecular weight excluding hydrogens is 339 g/mol. The lowest BCUT2D eigenvalue weighted by atomic mass is 9.90. The minimum atomic E-state index is -0.114. The molecule has 0 N–H and O–H groups in total. The van der Waals surface area contributed by atoms with Crippen LogP contribution in [0.25, 0.3) is 0 Å². The molecular formula is C23H30FN2O+. The Bertz CT molecular complexity index is 764. The SMILES string of the molecule is COc1cccc([N+]2(C3CCCCC3)CCN(c3ccccc3F)CC2)c1. The van der Waals surface area contributed by atoms with Crippen molar-refractivity contribution in [1.29, 1.82) is 0 Å². The lowest BCUT2D eigenvalue weighted by Crippen LogP contribution is -2.66. The molecule has 1 saturated carbocycles. The van der Waals surface area contributed by atoms with E-state index in [0.717, 1.165) is 42.1 Å². The molecule has 0 radical (unpaired) electrons. The number of anilines is 1. The second-order valence-electron chi connectivity index (χ2n) is 7.91. The Morgan fingerprint density at radius 2 is 1.70 bits per heavy atom. The Morgan fingerprint density at radius 1 is 0.963 bits per heavy atom. The summed E-state index contributed by atoms with van der Waals surface area (Å²) in [5.74, 6) is 0.814. The summed E-state index contributed by atoms with van der Waals surface area (Å²) in [6.07, 6.45) is 6.58. The van der Waals surface area contributed by atoms with Gasteiger partial charge in [0.1, 0.15) is 30.3 Å². The van der Waals surface area contributed by atoms with Crippen molar-refractivity contribution in [2.75, 3.05) is 38.2 Å². The third-order valence-electron chi connectivity index (χ3n) is 6.57. The summed E-state index contributed by atoms with van der Waals surface area (Å²) in [6, 6.07) is 16.4. The van der Waals surface area contributed by atoms with Gasteiger partial charge in [0.05, 0.1) is 31.9 Å². The van der Waals surface area contributed by atoms with Crippen LogP contribution in [0, 0.1) is 5.82 Å². The lowest BCUT2D eigenvalue weighted by molar-refractivity contribution is 0.150. The monoisotopic (exact) mass is 369 g/mol. The van der Waals surface area contributed by atoms with E-state index in [4.69, 9.17) is 4.74 Å². The standard InChI is InChI=1S/C23H30FN2O/c1-27-21-11-7-10-20(18-21)26(19-8-3-2-4-9-19)16-14-25(15-17-26)23-13-6-5-12-22(23)24/h5-7,10-13,18-19H,2-4,8-9,14-17H2,1H3/q+1. The zero-order valence-electron chi connectivity index (χ0n) is 16.2. The lowest BCUT2D eigenvalue weighted by Gasteiger charge is -2.50. The molecule has 27 heavy (non-hydrogen) atoms. The number of methoxy groups -OCH3 is 1. The van der Waals surface area contributed by atoms with E-state index in [1.807, 2.05) is 18.2 Å². The number of halogens is 1. The normalized spacial score (nSPS) is 20.4. The molecule has 4 rings (SSSR count). The van der Waals surface area contributed by atoms with Crippen molar-refractivity contribution in [3.8, 4) is 5.75 Å². The van der Waals surface area contributed by atoms with Crippen LogP contribution in [0.1, 0.15) is 32.1 Å².